The first kappa shape index (κ1) is 21.0. The Morgan fingerprint density at radius 2 is 1.69 bits per heavy atom. The summed E-state index contributed by atoms with van der Waals surface area (Å²) in [5.41, 5.74) is 1.81. The summed E-state index contributed by atoms with van der Waals surface area (Å²) in [5, 5.41) is 11.6. The van der Waals surface area contributed by atoms with E-state index >= 15 is 0 Å². The van der Waals surface area contributed by atoms with E-state index in [1.165, 1.54) is 30.2 Å². The molecular weight excluding hydrogens is 430 g/mol. The van der Waals surface area contributed by atoms with Gasteiger partial charge in [0, 0.05) is 17.6 Å². The molecule has 4 rings (SSSR count). The number of rotatable bonds is 5. The number of carboxylic acid groups (broad SMARTS) is 1. The van der Waals surface area contributed by atoms with Crippen molar-refractivity contribution < 1.29 is 24.2 Å². The molecule has 0 aliphatic carbocycles. The van der Waals surface area contributed by atoms with E-state index < -0.39 is 17.8 Å². The van der Waals surface area contributed by atoms with Gasteiger partial charge >= 0.3 is 5.97 Å². The fraction of sp³-hybridized carbons (Fsp3) is 0.0435. The molecule has 1 aliphatic rings. The molecule has 2 amide bonds. The van der Waals surface area contributed by atoms with Crippen LogP contribution in [0.4, 0.5) is 5.69 Å². The maximum atomic E-state index is 13.2. The number of hydrogen-bond acceptors (Lipinski definition) is 5. The Kier molecular flexibility index (Phi) is 5.57. The minimum atomic E-state index is -1.02. The second kappa shape index (κ2) is 8.48. The molecule has 0 saturated carbocycles. The standard InChI is InChI=1S/C23H17N3O5S/c1-31-18-10-8-16(9-11-18)26-21(28)19(20(27)24-23(26)32)13-17-3-2-12-25(17)15-6-4-14(5-7-15)22(29)30/h2-13H,1H3,(H,29,30)(H,24,27,32)/b19-13+. The Morgan fingerprint density at radius 3 is 2.31 bits per heavy atom. The summed E-state index contributed by atoms with van der Waals surface area (Å²) in [7, 11) is 1.54. The lowest BCUT2D eigenvalue weighted by Gasteiger charge is -2.29. The lowest BCUT2D eigenvalue weighted by molar-refractivity contribution is -0.122. The van der Waals surface area contributed by atoms with Crippen LogP contribution in [0.3, 0.4) is 0 Å². The molecule has 0 atom stereocenters. The molecule has 1 aromatic heterocycles. The van der Waals surface area contributed by atoms with E-state index in [-0.39, 0.29) is 16.2 Å². The predicted molar refractivity (Wildman–Crippen MR) is 122 cm³/mol. The molecule has 0 radical (unpaired) electrons. The van der Waals surface area contributed by atoms with Crippen molar-refractivity contribution in [3.05, 3.63) is 83.7 Å². The van der Waals surface area contributed by atoms with Crippen molar-refractivity contribution in [2.24, 2.45) is 0 Å². The highest BCUT2D eigenvalue weighted by Crippen LogP contribution is 2.25. The molecule has 0 unspecified atom stereocenters. The molecule has 3 aromatic rings. The van der Waals surface area contributed by atoms with Crippen LogP contribution in [0.25, 0.3) is 11.8 Å². The Balaban J connectivity index is 1.70. The Morgan fingerprint density at radius 1 is 1.03 bits per heavy atom. The number of hydrogen-bond donors (Lipinski definition) is 2. The molecule has 0 bridgehead atoms. The largest absolute Gasteiger partial charge is 0.497 e. The zero-order valence-corrected chi connectivity index (χ0v) is 17.6. The third-order valence-electron chi connectivity index (χ3n) is 4.90. The van der Waals surface area contributed by atoms with Crippen LogP contribution >= 0.6 is 12.2 Å². The van der Waals surface area contributed by atoms with E-state index in [9.17, 15) is 14.4 Å². The van der Waals surface area contributed by atoms with E-state index in [4.69, 9.17) is 22.1 Å². The van der Waals surface area contributed by atoms with Gasteiger partial charge in [0.25, 0.3) is 11.8 Å². The van der Waals surface area contributed by atoms with E-state index in [2.05, 4.69) is 5.32 Å². The number of aromatic carboxylic acids is 1. The molecule has 1 fully saturated rings. The molecule has 32 heavy (non-hydrogen) atoms. The van der Waals surface area contributed by atoms with Gasteiger partial charge in [-0.15, -0.1) is 0 Å². The normalized spacial score (nSPS) is 15.1. The maximum absolute atomic E-state index is 13.2. The molecule has 0 spiro atoms. The van der Waals surface area contributed by atoms with Crippen LogP contribution in [-0.4, -0.2) is 39.7 Å². The third kappa shape index (κ3) is 3.88. The summed E-state index contributed by atoms with van der Waals surface area (Å²) < 4.78 is 6.88. The highest BCUT2D eigenvalue weighted by atomic mass is 32.1. The Labute approximate surface area is 188 Å². The quantitative estimate of drug-likeness (QED) is 0.354. The molecule has 9 heteroatoms. The average molecular weight is 447 g/mol. The van der Waals surface area contributed by atoms with Crippen LogP contribution < -0.4 is 15.0 Å². The lowest BCUT2D eigenvalue weighted by Crippen LogP contribution is -2.54. The number of ether oxygens (including phenoxy) is 1. The number of amides is 2. The second-order valence-electron chi connectivity index (χ2n) is 6.81. The van der Waals surface area contributed by atoms with E-state index in [0.29, 0.717) is 22.8 Å². The van der Waals surface area contributed by atoms with Crippen LogP contribution in [0.15, 0.2) is 72.4 Å². The predicted octanol–water partition coefficient (Wildman–Crippen LogP) is 3.02. The average Bonchev–Trinajstić information content (AvgIpc) is 3.25. The Bertz CT molecular complexity index is 1260. The van der Waals surface area contributed by atoms with Gasteiger partial charge in [0.15, 0.2) is 5.11 Å². The molecule has 1 saturated heterocycles. The van der Waals surface area contributed by atoms with Crippen molar-refractivity contribution >= 4 is 46.9 Å². The van der Waals surface area contributed by atoms with E-state index in [1.54, 1.807) is 59.3 Å². The van der Waals surface area contributed by atoms with Crippen molar-refractivity contribution in [3.8, 4) is 11.4 Å². The van der Waals surface area contributed by atoms with Crippen molar-refractivity contribution in [3.63, 3.8) is 0 Å². The molecule has 2 N–H and O–H groups in total. The number of benzene rings is 2. The van der Waals surface area contributed by atoms with E-state index in [1.807, 2.05) is 0 Å². The minimum absolute atomic E-state index is 0.0121. The van der Waals surface area contributed by atoms with E-state index in [0.717, 1.165) is 0 Å². The number of aromatic nitrogens is 1. The lowest BCUT2D eigenvalue weighted by atomic mass is 10.1. The van der Waals surface area contributed by atoms with Crippen LogP contribution in [0.1, 0.15) is 16.1 Å². The monoisotopic (exact) mass is 447 g/mol. The molecule has 2 heterocycles. The smallest absolute Gasteiger partial charge is 0.335 e. The summed E-state index contributed by atoms with van der Waals surface area (Å²) in [6.07, 6.45) is 3.22. The number of carbonyl (C=O) groups excluding carboxylic acids is 2. The van der Waals surface area contributed by atoms with Crippen molar-refractivity contribution in [1.82, 2.24) is 9.88 Å². The van der Waals surface area contributed by atoms with Crippen LogP contribution in [0, 0.1) is 0 Å². The summed E-state index contributed by atoms with van der Waals surface area (Å²) in [5.74, 6) is -1.56. The van der Waals surface area contributed by atoms with Gasteiger partial charge in [-0.05, 0) is 79.0 Å². The SMILES string of the molecule is COc1ccc(N2C(=O)/C(=C/c3cccn3-c3ccc(C(=O)O)cc3)C(=O)NC2=S)cc1. The fourth-order valence-corrected chi connectivity index (χ4v) is 3.56. The summed E-state index contributed by atoms with van der Waals surface area (Å²) >= 11 is 5.22. The van der Waals surface area contributed by atoms with Gasteiger partial charge in [0.1, 0.15) is 11.3 Å². The van der Waals surface area contributed by atoms with Gasteiger partial charge in [-0.3, -0.25) is 19.8 Å². The number of carbonyl (C=O) groups is 3. The van der Waals surface area contributed by atoms with Gasteiger partial charge in [-0.2, -0.15) is 0 Å². The highest BCUT2D eigenvalue weighted by Gasteiger charge is 2.34. The van der Waals surface area contributed by atoms with Gasteiger partial charge in [0.2, 0.25) is 0 Å². The molecule has 2 aromatic carbocycles. The van der Waals surface area contributed by atoms with Crippen molar-refractivity contribution in [2.75, 3.05) is 12.0 Å². The molecule has 1 aliphatic heterocycles. The van der Waals surface area contributed by atoms with Crippen molar-refractivity contribution in [1.29, 1.82) is 0 Å². The van der Waals surface area contributed by atoms with Crippen molar-refractivity contribution in [2.45, 2.75) is 0 Å². The second-order valence-corrected chi connectivity index (χ2v) is 7.20. The number of carboxylic acids is 1. The number of methoxy groups -OCH3 is 1. The third-order valence-corrected chi connectivity index (χ3v) is 5.18. The van der Waals surface area contributed by atoms with Gasteiger partial charge in [0.05, 0.1) is 18.4 Å². The van der Waals surface area contributed by atoms with Crippen LogP contribution in [0.5, 0.6) is 5.75 Å². The number of thiocarbonyl (C=S) groups is 1. The first-order chi connectivity index (χ1) is 15.4. The Hall–Kier alpha value is -4.24. The highest BCUT2D eigenvalue weighted by molar-refractivity contribution is 7.80. The summed E-state index contributed by atoms with van der Waals surface area (Å²) in [4.78, 5) is 38.1. The number of nitrogens with one attached hydrogen (secondary N) is 1. The number of nitrogens with zero attached hydrogens (tertiary/aromatic N) is 2. The first-order valence-electron chi connectivity index (χ1n) is 9.45. The fourth-order valence-electron chi connectivity index (χ4n) is 3.28. The van der Waals surface area contributed by atoms with Crippen LogP contribution in [0.2, 0.25) is 0 Å². The molecule has 8 nitrogen and oxygen atoms in total. The summed E-state index contributed by atoms with van der Waals surface area (Å²) in [6.45, 7) is 0. The minimum Gasteiger partial charge on any atom is -0.497 e. The zero-order chi connectivity index (χ0) is 22.8. The van der Waals surface area contributed by atoms with Gasteiger partial charge in [-0.25, -0.2) is 4.79 Å². The summed E-state index contributed by atoms with van der Waals surface area (Å²) in [6, 6.07) is 16.5. The van der Waals surface area contributed by atoms with Crippen LogP contribution in [-0.2, 0) is 9.59 Å². The van der Waals surface area contributed by atoms with Gasteiger partial charge in [-0.1, -0.05) is 0 Å². The topological polar surface area (TPSA) is 101 Å². The maximum Gasteiger partial charge on any atom is 0.335 e. The number of anilines is 1. The molecular formula is C23H17N3O5S. The first-order valence-corrected chi connectivity index (χ1v) is 9.86. The van der Waals surface area contributed by atoms with Gasteiger partial charge < -0.3 is 14.4 Å². The zero-order valence-electron chi connectivity index (χ0n) is 16.8. The molecule has 160 valence electrons.